The van der Waals surface area contributed by atoms with Gasteiger partial charge in [-0.25, -0.2) is 14.2 Å². The molecule has 3 aromatic rings. The quantitative estimate of drug-likeness (QED) is 0.321. The molecule has 0 saturated carbocycles. The van der Waals surface area contributed by atoms with Gasteiger partial charge >= 0.3 is 6.09 Å². The lowest BCUT2D eigenvalue weighted by Gasteiger charge is -2.27. The number of aromatic nitrogens is 2. The number of carbonyl (C=O) groups excluding carboxylic acids is 2. The molecular weight excluding hydrogens is 563 g/mol. The first-order chi connectivity index (χ1) is 20.2. The predicted molar refractivity (Wildman–Crippen MR) is 159 cm³/mol. The fourth-order valence-electron chi connectivity index (χ4n) is 5.24. The second-order valence-corrected chi connectivity index (χ2v) is 11.8. The van der Waals surface area contributed by atoms with E-state index in [0.29, 0.717) is 78.6 Å². The van der Waals surface area contributed by atoms with Gasteiger partial charge in [-0.05, 0) is 57.7 Å². The van der Waals surface area contributed by atoms with Crippen molar-refractivity contribution in [1.29, 1.82) is 0 Å². The first kappa shape index (κ1) is 30.0. The number of nitrogens with one attached hydrogen (secondary N) is 1. The molecule has 2 aliphatic rings. The van der Waals surface area contributed by atoms with E-state index < -0.39 is 18.0 Å². The Morgan fingerprint density at radius 3 is 2.88 bits per heavy atom. The largest absolute Gasteiger partial charge is 0.481 e. The van der Waals surface area contributed by atoms with Crippen molar-refractivity contribution in [2.45, 2.75) is 36.5 Å². The van der Waals surface area contributed by atoms with Crippen LogP contribution in [0, 0.1) is 5.82 Å². The van der Waals surface area contributed by atoms with Gasteiger partial charge in [0.1, 0.15) is 17.4 Å². The third-order valence-corrected chi connectivity index (χ3v) is 8.23. The van der Waals surface area contributed by atoms with Gasteiger partial charge in [-0.1, -0.05) is 0 Å². The topological polar surface area (TPSA) is 120 Å². The van der Waals surface area contributed by atoms with E-state index in [2.05, 4.69) is 15.3 Å². The fourth-order valence-corrected chi connectivity index (χ4v) is 6.03. The number of amides is 2. The summed E-state index contributed by atoms with van der Waals surface area (Å²) < 4.78 is 26.0. The van der Waals surface area contributed by atoms with Crippen molar-refractivity contribution in [3.63, 3.8) is 0 Å². The third-order valence-electron chi connectivity index (χ3n) is 7.16. The van der Waals surface area contributed by atoms with E-state index in [1.807, 2.05) is 36.0 Å². The van der Waals surface area contributed by atoms with Gasteiger partial charge < -0.3 is 24.8 Å². The lowest BCUT2D eigenvalue weighted by Crippen LogP contribution is -2.38. The highest BCUT2D eigenvalue weighted by Gasteiger charge is 2.33. The van der Waals surface area contributed by atoms with E-state index >= 15 is 4.39 Å². The Bertz CT molecular complexity index is 1460. The van der Waals surface area contributed by atoms with E-state index in [0.717, 1.165) is 4.90 Å². The second-order valence-electron chi connectivity index (χ2n) is 10.7. The minimum Gasteiger partial charge on any atom is -0.481 e. The SMILES string of the molecule is COc1ccc2ncc(F)c(CN(CCC[C@H]3CN(c4ccc5c(c4)NC(=O)CS5)C(=O)O3)C[C@@H](O)CN(C)C)c2n1. The summed E-state index contributed by atoms with van der Waals surface area (Å²) in [7, 11) is 5.27. The van der Waals surface area contributed by atoms with Crippen LogP contribution in [0.3, 0.4) is 0 Å². The van der Waals surface area contributed by atoms with Crippen LogP contribution < -0.4 is 15.0 Å². The molecule has 2 aliphatic heterocycles. The van der Waals surface area contributed by atoms with Crippen molar-refractivity contribution < 1.29 is 28.6 Å². The van der Waals surface area contributed by atoms with Gasteiger partial charge in [-0.2, -0.15) is 0 Å². The highest BCUT2D eigenvalue weighted by atomic mass is 32.2. The Balaban J connectivity index is 1.25. The number of carbonyl (C=O) groups is 2. The van der Waals surface area contributed by atoms with Crippen LogP contribution in [0.15, 0.2) is 41.4 Å². The minimum atomic E-state index is -0.652. The molecule has 0 unspecified atom stereocenters. The number of pyridine rings is 2. The summed E-state index contributed by atoms with van der Waals surface area (Å²) in [5.41, 5.74) is 2.72. The Morgan fingerprint density at radius 1 is 1.26 bits per heavy atom. The van der Waals surface area contributed by atoms with Gasteiger partial charge in [0.25, 0.3) is 0 Å². The summed E-state index contributed by atoms with van der Waals surface area (Å²) in [6.07, 6.45) is 1.03. The summed E-state index contributed by atoms with van der Waals surface area (Å²) in [6, 6.07) is 8.98. The standard InChI is InChI=1S/C29H35FN6O5S/c1-34(2)13-19(37)14-35(16-21-22(30)12-31-23-7-9-27(40-3)33-28(21)23)10-4-5-20-15-36(29(39)41-20)18-6-8-25-24(11-18)32-26(38)17-42-25/h6-9,11-12,19-20,37H,4-5,10,13-17H2,1-3H3,(H,32,38)/t19-,20-/m0/s1. The number of hydrogen-bond donors (Lipinski definition) is 2. The van der Waals surface area contributed by atoms with Crippen LogP contribution in [-0.2, 0) is 16.1 Å². The number of likely N-dealkylation sites (N-methyl/N-ethyl adjacent to an activating group) is 1. The predicted octanol–water partition coefficient (Wildman–Crippen LogP) is 3.35. The average molecular weight is 599 g/mol. The maximum atomic E-state index is 15.1. The van der Waals surface area contributed by atoms with Gasteiger partial charge in [-0.15, -0.1) is 11.8 Å². The maximum absolute atomic E-state index is 15.1. The van der Waals surface area contributed by atoms with E-state index in [1.54, 1.807) is 23.1 Å². The Labute approximate surface area is 248 Å². The minimum absolute atomic E-state index is 0.0682. The Kier molecular flexibility index (Phi) is 9.41. The van der Waals surface area contributed by atoms with Crippen LogP contribution in [0.1, 0.15) is 18.4 Å². The molecule has 2 N–H and O–H groups in total. The van der Waals surface area contributed by atoms with Crippen molar-refractivity contribution in [2.24, 2.45) is 0 Å². The van der Waals surface area contributed by atoms with Gasteiger partial charge in [0.2, 0.25) is 11.8 Å². The summed E-state index contributed by atoms with van der Waals surface area (Å²) >= 11 is 1.46. The zero-order valence-corrected chi connectivity index (χ0v) is 24.7. The zero-order valence-electron chi connectivity index (χ0n) is 23.9. The average Bonchev–Trinajstić information content (AvgIpc) is 3.33. The lowest BCUT2D eigenvalue weighted by atomic mass is 10.1. The molecule has 11 nitrogen and oxygen atoms in total. The molecule has 224 valence electrons. The number of ether oxygens (including phenoxy) is 2. The summed E-state index contributed by atoms with van der Waals surface area (Å²) in [6.45, 7) is 1.91. The van der Waals surface area contributed by atoms with E-state index in [-0.39, 0.29) is 18.6 Å². The van der Waals surface area contributed by atoms with Crippen molar-refractivity contribution >= 4 is 46.2 Å². The molecule has 2 aromatic heterocycles. The molecule has 1 fully saturated rings. The number of rotatable bonds is 12. The molecular formula is C29H35FN6O5S. The number of aliphatic hydroxyl groups is 1. The van der Waals surface area contributed by atoms with Crippen LogP contribution in [0.5, 0.6) is 5.88 Å². The van der Waals surface area contributed by atoms with E-state index in [4.69, 9.17) is 9.47 Å². The molecule has 5 rings (SSSR count). The van der Waals surface area contributed by atoms with Gasteiger partial charge in [-0.3, -0.25) is 19.6 Å². The van der Waals surface area contributed by atoms with E-state index in [9.17, 15) is 14.7 Å². The molecule has 0 aliphatic carbocycles. The monoisotopic (exact) mass is 598 g/mol. The molecule has 2 amide bonds. The van der Waals surface area contributed by atoms with Gasteiger partial charge in [0, 0.05) is 41.8 Å². The fraction of sp³-hybridized carbons (Fsp3) is 0.448. The zero-order chi connectivity index (χ0) is 29.8. The summed E-state index contributed by atoms with van der Waals surface area (Å²) in [5.74, 6) is 0.192. The van der Waals surface area contributed by atoms with Crippen molar-refractivity contribution in [3.8, 4) is 5.88 Å². The Morgan fingerprint density at radius 2 is 2.10 bits per heavy atom. The summed E-state index contributed by atoms with van der Waals surface area (Å²) in [5, 5.41) is 13.6. The number of thioether (sulfide) groups is 1. The molecule has 0 spiro atoms. The number of halogens is 1. The highest BCUT2D eigenvalue weighted by molar-refractivity contribution is 8.00. The van der Waals surface area contributed by atoms with Crippen molar-refractivity contribution in [3.05, 3.63) is 47.9 Å². The highest BCUT2D eigenvalue weighted by Crippen LogP contribution is 2.35. The molecule has 13 heteroatoms. The molecule has 1 aromatic carbocycles. The van der Waals surface area contributed by atoms with Gasteiger partial charge in [0.15, 0.2) is 0 Å². The van der Waals surface area contributed by atoms with Crippen LogP contribution in [0.4, 0.5) is 20.6 Å². The first-order valence-electron chi connectivity index (χ1n) is 13.8. The number of fused-ring (bicyclic) bond motifs is 2. The molecule has 2 atom stereocenters. The molecule has 42 heavy (non-hydrogen) atoms. The van der Waals surface area contributed by atoms with Crippen molar-refractivity contribution in [1.82, 2.24) is 19.8 Å². The number of nitrogens with zero attached hydrogens (tertiary/aromatic N) is 5. The van der Waals surface area contributed by atoms with Crippen LogP contribution in [-0.4, -0.2) is 102 Å². The van der Waals surface area contributed by atoms with E-state index in [1.165, 1.54) is 25.1 Å². The number of hydrogen-bond acceptors (Lipinski definition) is 10. The van der Waals surface area contributed by atoms with Crippen LogP contribution in [0.2, 0.25) is 0 Å². The third kappa shape index (κ3) is 7.09. The number of cyclic esters (lactones) is 1. The maximum Gasteiger partial charge on any atom is 0.414 e. The normalized spacial score (nSPS) is 17.5. The molecule has 0 radical (unpaired) electrons. The Hall–Kier alpha value is -3.52. The lowest BCUT2D eigenvalue weighted by molar-refractivity contribution is -0.113. The number of benzene rings is 1. The molecule has 1 saturated heterocycles. The summed E-state index contributed by atoms with van der Waals surface area (Å²) in [4.78, 5) is 39.6. The molecule has 0 bridgehead atoms. The molecule has 4 heterocycles. The van der Waals surface area contributed by atoms with Gasteiger partial charge in [0.05, 0.1) is 42.9 Å². The smallest absolute Gasteiger partial charge is 0.414 e. The van der Waals surface area contributed by atoms with Crippen LogP contribution >= 0.6 is 11.8 Å². The number of anilines is 2. The number of methoxy groups -OCH3 is 1. The van der Waals surface area contributed by atoms with Crippen LogP contribution in [0.25, 0.3) is 11.0 Å². The van der Waals surface area contributed by atoms with Crippen molar-refractivity contribution in [2.75, 3.05) is 63.4 Å². The second kappa shape index (κ2) is 13.2. The first-order valence-corrected chi connectivity index (χ1v) is 14.8. The number of aliphatic hydroxyl groups excluding tert-OH is 1.